The summed E-state index contributed by atoms with van der Waals surface area (Å²) in [6.07, 6.45) is 0.334. The maximum atomic E-state index is 12.2. The summed E-state index contributed by atoms with van der Waals surface area (Å²) in [5, 5.41) is 11.7. The molecule has 2 aromatic rings. The number of carbonyl (C=O) groups excluding carboxylic acids is 2. The average molecular weight is 343 g/mol. The molecule has 0 radical (unpaired) electrons. The lowest BCUT2D eigenvalue weighted by Crippen LogP contribution is -2.41. The highest BCUT2D eigenvalue weighted by Crippen LogP contribution is 2.23. The molecule has 6 nitrogen and oxygen atoms in total. The van der Waals surface area contributed by atoms with E-state index in [1.54, 1.807) is 30.3 Å². The fourth-order valence-electron chi connectivity index (χ4n) is 2.41. The number of hydrogen-bond acceptors (Lipinski definition) is 4. The van der Waals surface area contributed by atoms with Gasteiger partial charge >= 0.3 is 5.97 Å². The van der Waals surface area contributed by atoms with E-state index in [9.17, 15) is 19.5 Å². The van der Waals surface area contributed by atoms with Crippen LogP contribution in [0.25, 0.3) is 11.3 Å². The zero-order valence-corrected chi connectivity index (χ0v) is 14.4. The normalized spacial score (nSPS) is 12.0. The molecule has 1 atom stereocenters. The lowest BCUT2D eigenvalue weighted by molar-refractivity contribution is -0.139. The third kappa shape index (κ3) is 4.79. The van der Waals surface area contributed by atoms with E-state index >= 15 is 0 Å². The largest absolute Gasteiger partial charge is 0.480 e. The Morgan fingerprint density at radius 2 is 1.72 bits per heavy atom. The molecular formula is C19H21NO5. The van der Waals surface area contributed by atoms with Crippen LogP contribution in [0, 0.1) is 5.92 Å². The monoisotopic (exact) mass is 343 g/mol. The molecule has 0 fully saturated rings. The second-order valence-electron chi connectivity index (χ2n) is 6.29. The molecule has 0 aliphatic carbocycles. The highest BCUT2D eigenvalue weighted by atomic mass is 16.4. The molecule has 25 heavy (non-hydrogen) atoms. The van der Waals surface area contributed by atoms with Crippen molar-refractivity contribution >= 4 is 17.7 Å². The Bertz CT molecular complexity index is 773. The number of carboxylic acids is 1. The number of carbonyl (C=O) groups is 3. The summed E-state index contributed by atoms with van der Waals surface area (Å²) in [7, 11) is 0. The Kier molecular flexibility index (Phi) is 5.75. The Hall–Kier alpha value is -2.89. The summed E-state index contributed by atoms with van der Waals surface area (Å²) < 4.78 is 5.53. The predicted octanol–water partition coefficient (Wildman–Crippen LogP) is 3.38. The number of rotatable bonds is 7. The van der Waals surface area contributed by atoms with Gasteiger partial charge in [-0.1, -0.05) is 38.1 Å². The summed E-state index contributed by atoms with van der Waals surface area (Å²) in [4.78, 5) is 34.8. The van der Waals surface area contributed by atoms with Crippen molar-refractivity contribution in [3.8, 4) is 11.3 Å². The molecule has 0 bridgehead atoms. The molecule has 0 spiro atoms. The molecule has 132 valence electrons. The molecular weight excluding hydrogens is 322 g/mol. The first-order valence-electron chi connectivity index (χ1n) is 8.02. The van der Waals surface area contributed by atoms with Crippen molar-refractivity contribution < 1.29 is 23.9 Å². The van der Waals surface area contributed by atoms with Gasteiger partial charge in [-0.15, -0.1) is 0 Å². The zero-order chi connectivity index (χ0) is 18.6. The summed E-state index contributed by atoms with van der Waals surface area (Å²) in [5.41, 5.74) is 1.31. The van der Waals surface area contributed by atoms with E-state index < -0.39 is 17.9 Å². The van der Waals surface area contributed by atoms with Gasteiger partial charge in [0.2, 0.25) is 0 Å². The maximum absolute atomic E-state index is 12.2. The Labute approximate surface area is 145 Å². The molecule has 1 aromatic heterocycles. The molecule has 1 amide bonds. The zero-order valence-electron chi connectivity index (χ0n) is 14.4. The molecule has 2 rings (SSSR count). The SMILES string of the molecule is CC(=O)c1ccc(-c2ccc(C(=O)N[C@@H](CC(C)C)C(=O)O)o2)cc1. The van der Waals surface area contributed by atoms with Crippen LogP contribution in [0.3, 0.4) is 0 Å². The molecule has 0 unspecified atom stereocenters. The molecule has 0 saturated carbocycles. The molecule has 1 aromatic carbocycles. The Morgan fingerprint density at radius 3 is 2.24 bits per heavy atom. The van der Waals surface area contributed by atoms with Crippen LogP contribution in [0.4, 0.5) is 0 Å². The fraction of sp³-hybridized carbons (Fsp3) is 0.316. The van der Waals surface area contributed by atoms with Gasteiger partial charge in [-0.3, -0.25) is 9.59 Å². The first kappa shape index (κ1) is 18.4. The second kappa shape index (κ2) is 7.79. The van der Waals surface area contributed by atoms with Crippen molar-refractivity contribution in [1.29, 1.82) is 0 Å². The van der Waals surface area contributed by atoms with E-state index in [-0.39, 0.29) is 17.5 Å². The van der Waals surface area contributed by atoms with Gasteiger partial charge in [-0.25, -0.2) is 4.79 Å². The first-order valence-corrected chi connectivity index (χ1v) is 8.02. The number of Topliss-reactive ketones (excluding diaryl/α,β-unsaturated/α-hetero) is 1. The number of nitrogens with one attached hydrogen (secondary N) is 1. The van der Waals surface area contributed by atoms with Crippen LogP contribution < -0.4 is 5.32 Å². The maximum Gasteiger partial charge on any atom is 0.326 e. The van der Waals surface area contributed by atoms with Crippen LogP contribution in [0.15, 0.2) is 40.8 Å². The van der Waals surface area contributed by atoms with Gasteiger partial charge in [0, 0.05) is 11.1 Å². The van der Waals surface area contributed by atoms with Gasteiger partial charge in [0.05, 0.1) is 0 Å². The molecule has 0 saturated heterocycles. The first-order chi connectivity index (χ1) is 11.8. The van der Waals surface area contributed by atoms with E-state index in [2.05, 4.69) is 5.32 Å². The molecule has 2 N–H and O–H groups in total. The standard InChI is InChI=1S/C19H21NO5/c1-11(2)10-15(19(23)24)20-18(22)17-9-8-16(25-17)14-6-4-13(5-7-14)12(3)21/h4-9,11,15H,10H2,1-3H3,(H,20,22)(H,23,24)/t15-/m0/s1. The summed E-state index contributed by atoms with van der Waals surface area (Å²) in [6, 6.07) is 9.00. The number of hydrogen-bond donors (Lipinski definition) is 2. The Morgan fingerprint density at radius 1 is 1.08 bits per heavy atom. The van der Waals surface area contributed by atoms with Crippen molar-refractivity contribution in [2.24, 2.45) is 5.92 Å². The minimum absolute atomic E-state index is 0.0315. The van der Waals surface area contributed by atoms with Gasteiger partial charge in [-0.05, 0) is 31.4 Å². The van der Waals surface area contributed by atoms with E-state index in [0.29, 0.717) is 17.7 Å². The van der Waals surface area contributed by atoms with Gasteiger partial charge in [0.25, 0.3) is 5.91 Å². The van der Waals surface area contributed by atoms with E-state index in [1.807, 2.05) is 13.8 Å². The lowest BCUT2D eigenvalue weighted by atomic mass is 10.0. The van der Waals surface area contributed by atoms with Gasteiger partial charge in [0.15, 0.2) is 11.5 Å². The van der Waals surface area contributed by atoms with Gasteiger partial charge in [0.1, 0.15) is 11.8 Å². The van der Waals surface area contributed by atoms with Crippen LogP contribution >= 0.6 is 0 Å². The second-order valence-corrected chi connectivity index (χ2v) is 6.29. The average Bonchev–Trinajstić information content (AvgIpc) is 3.03. The minimum Gasteiger partial charge on any atom is -0.480 e. The van der Waals surface area contributed by atoms with E-state index in [0.717, 1.165) is 5.56 Å². The topological polar surface area (TPSA) is 96.6 Å². The van der Waals surface area contributed by atoms with Crippen LogP contribution in [-0.2, 0) is 4.79 Å². The smallest absolute Gasteiger partial charge is 0.326 e. The van der Waals surface area contributed by atoms with Crippen molar-refractivity contribution in [2.45, 2.75) is 33.2 Å². The molecule has 0 aliphatic heterocycles. The quantitative estimate of drug-likeness (QED) is 0.751. The van der Waals surface area contributed by atoms with Crippen LogP contribution in [-0.4, -0.2) is 28.8 Å². The fourth-order valence-corrected chi connectivity index (χ4v) is 2.41. The predicted molar refractivity (Wildman–Crippen MR) is 92.5 cm³/mol. The summed E-state index contributed by atoms with van der Waals surface area (Å²) in [5.74, 6) is -1.03. The highest BCUT2D eigenvalue weighted by molar-refractivity contribution is 5.95. The minimum atomic E-state index is -1.08. The van der Waals surface area contributed by atoms with Crippen molar-refractivity contribution in [3.05, 3.63) is 47.7 Å². The number of carboxylic acid groups (broad SMARTS) is 1. The van der Waals surface area contributed by atoms with E-state index in [1.165, 1.54) is 13.0 Å². The van der Waals surface area contributed by atoms with Crippen LogP contribution in [0.1, 0.15) is 48.1 Å². The van der Waals surface area contributed by atoms with Crippen LogP contribution in [0.5, 0.6) is 0 Å². The lowest BCUT2D eigenvalue weighted by Gasteiger charge is -2.15. The summed E-state index contributed by atoms with van der Waals surface area (Å²) >= 11 is 0. The number of aliphatic carboxylic acids is 1. The number of amides is 1. The highest BCUT2D eigenvalue weighted by Gasteiger charge is 2.23. The third-order valence-corrected chi connectivity index (χ3v) is 3.72. The van der Waals surface area contributed by atoms with Crippen molar-refractivity contribution in [1.82, 2.24) is 5.32 Å². The number of ketones is 1. The van der Waals surface area contributed by atoms with Gasteiger partial charge < -0.3 is 14.8 Å². The molecule has 1 heterocycles. The van der Waals surface area contributed by atoms with Crippen LogP contribution in [0.2, 0.25) is 0 Å². The number of benzene rings is 1. The van der Waals surface area contributed by atoms with Crippen molar-refractivity contribution in [2.75, 3.05) is 0 Å². The Balaban J connectivity index is 2.12. The van der Waals surface area contributed by atoms with E-state index in [4.69, 9.17) is 4.42 Å². The molecule has 0 aliphatic rings. The third-order valence-electron chi connectivity index (χ3n) is 3.72. The summed E-state index contributed by atoms with van der Waals surface area (Å²) in [6.45, 7) is 5.26. The van der Waals surface area contributed by atoms with Crippen molar-refractivity contribution in [3.63, 3.8) is 0 Å². The molecule has 6 heteroatoms. The number of furan rings is 1. The van der Waals surface area contributed by atoms with Gasteiger partial charge in [-0.2, -0.15) is 0 Å².